The zero-order valence-electron chi connectivity index (χ0n) is 9.09. The topological polar surface area (TPSA) is 83.7 Å². The monoisotopic (exact) mass is 242 g/mol. The van der Waals surface area contributed by atoms with E-state index < -0.39 is 22.3 Å². The van der Waals surface area contributed by atoms with E-state index in [1.165, 1.54) is 7.05 Å². The number of likely N-dealkylation sites (N-methyl/N-ethyl adjacent to an activating group) is 1. The van der Waals surface area contributed by atoms with Crippen LogP contribution in [-0.4, -0.2) is 41.0 Å². The van der Waals surface area contributed by atoms with Gasteiger partial charge in [0.2, 0.25) is 0 Å². The number of benzene rings is 1. The van der Waals surface area contributed by atoms with Gasteiger partial charge >= 0.3 is 0 Å². The number of amides is 1. The van der Waals surface area contributed by atoms with E-state index in [2.05, 4.69) is 0 Å². The fourth-order valence-corrected chi connectivity index (χ4v) is 1.29. The molecule has 17 heavy (non-hydrogen) atoms. The Morgan fingerprint density at radius 2 is 2.24 bits per heavy atom. The molecule has 0 radical (unpaired) electrons. The highest BCUT2D eigenvalue weighted by atomic mass is 19.1. The smallest absolute Gasteiger partial charge is 0.285 e. The molecule has 0 heterocycles. The van der Waals surface area contributed by atoms with Gasteiger partial charge in [0.05, 0.1) is 17.6 Å². The third-order valence-electron chi connectivity index (χ3n) is 2.17. The van der Waals surface area contributed by atoms with Gasteiger partial charge in [-0.15, -0.1) is 0 Å². The van der Waals surface area contributed by atoms with Gasteiger partial charge in [-0.2, -0.15) is 0 Å². The second kappa shape index (κ2) is 5.35. The molecule has 92 valence electrons. The minimum Gasteiger partial charge on any atom is -0.395 e. The molecule has 0 spiro atoms. The van der Waals surface area contributed by atoms with Crippen LogP contribution >= 0.6 is 0 Å². The van der Waals surface area contributed by atoms with E-state index in [0.717, 1.165) is 17.0 Å². The van der Waals surface area contributed by atoms with Gasteiger partial charge in [0, 0.05) is 13.6 Å². The molecule has 1 aromatic rings. The van der Waals surface area contributed by atoms with Crippen molar-refractivity contribution >= 4 is 11.6 Å². The highest BCUT2D eigenvalue weighted by Crippen LogP contribution is 2.20. The van der Waals surface area contributed by atoms with E-state index in [0.29, 0.717) is 6.07 Å². The van der Waals surface area contributed by atoms with Gasteiger partial charge in [-0.3, -0.25) is 14.9 Å². The van der Waals surface area contributed by atoms with E-state index in [9.17, 15) is 19.3 Å². The third kappa shape index (κ3) is 2.97. The van der Waals surface area contributed by atoms with E-state index in [1.54, 1.807) is 0 Å². The second-order valence-electron chi connectivity index (χ2n) is 3.37. The van der Waals surface area contributed by atoms with Crippen LogP contribution in [0.15, 0.2) is 18.2 Å². The Bertz CT molecular complexity index is 450. The van der Waals surface area contributed by atoms with Crippen LogP contribution in [0.5, 0.6) is 0 Å². The molecule has 0 unspecified atom stereocenters. The number of hydrogen-bond acceptors (Lipinski definition) is 4. The molecule has 0 fully saturated rings. The van der Waals surface area contributed by atoms with Crippen molar-refractivity contribution < 1.29 is 19.2 Å². The van der Waals surface area contributed by atoms with Crippen molar-refractivity contribution in [3.05, 3.63) is 39.7 Å². The van der Waals surface area contributed by atoms with Crippen molar-refractivity contribution in [2.45, 2.75) is 0 Å². The predicted octanol–water partition coefficient (Wildman–Crippen LogP) is 0.798. The van der Waals surface area contributed by atoms with Crippen LogP contribution in [-0.2, 0) is 0 Å². The lowest BCUT2D eigenvalue weighted by atomic mass is 10.1. The van der Waals surface area contributed by atoms with Crippen LogP contribution in [0.25, 0.3) is 0 Å². The summed E-state index contributed by atoms with van der Waals surface area (Å²) in [5, 5.41) is 19.3. The number of hydrogen-bond donors (Lipinski definition) is 1. The van der Waals surface area contributed by atoms with Crippen molar-refractivity contribution in [1.29, 1.82) is 0 Å². The maximum Gasteiger partial charge on any atom is 0.285 e. The van der Waals surface area contributed by atoms with E-state index >= 15 is 0 Å². The summed E-state index contributed by atoms with van der Waals surface area (Å²) in [6.45, 7) is -0.204. The number of halogens is 1. The van der Waals surface area contributed by atoms with Crippen LogP contribution in [0.3, 0.4) is 0 Å². The molecule has 0 aliphatic rings. The van der Waals surface area contributed by atoms with Crippen molar-refractivity contribution in [2.75, 3.05) is 20.2 Å². The fraction of sp³-hybridized carbons (Fsp3) is 0.300. The lowest BCUT2D eigenvalue weighted by Crippen LogP contribution is -2.30. The maximum absolute atomic E-state index is 12.9. The highest BCUT2D eigenvalue weighted by molar-refractivity contribution is 5.97. The molecule has 0 aliphatic heterocycles. The summed E-state index contributed by atoms with van der Waals surface area (Å²) >= 11 is 0. The molecule has 0 atom stereocenters. The molecular formula is C10H11FN2O4. The van der Waals surface area contributed by atoms with Crippen molar-refractivity contribution in [3.63, 3.8) is 0 Å². The molecule has 0 aromatic heterocycles. The summed E-state index contributed by atoms with van der Waals surface area (Å²) in [6, 6.07) is 2.73. The van der Waals surface area contributed by atoms with E-state index in [-0.39, 0.29) is 18.7 Å². The molecule has 1 amide bonds. The largest absolute Gasteiger partial charge is 0.395 e. The summed E-state index contributed by atoms with van der Waals surface area (Å²) in [6.07, 6.45) is 0. The summed E-state index contributed by atoms with van der Waals surface area (Å²) in [5.41, 5.74) is -0.785. The van der Waals surface area contributed by atoms with Gasteiger partial charge in [-0.25, -0.2) is 4.39 Å². The van der Waals surface area contributed by atoms with E-state index in [1.807, 2.05) is 0 Å². The van der Waals surface area contributed by atoms with Gasteiger partial charge < -0.3 is 10.0 Å². The zero-order chi connectivity index (χ0) is 13.0. The Morgan fingerprint density at radius 1 is 1.59 bits per heavy atom. The summed E-state index contributed by atoms with van der Waals surface area (Å²) < 4.78 is 12.9. The SMILES string of the molecule is CN(CCO)C(=O)c1ccc(F)cc1[N+](=O)[O-]. The van der Waals surface area contributed by atoms with E-state index in [4.69, 9.17) is 5.11 Å². The zero-order valence-corrected chi connectivity index (χ0v) is 9.09. The Morgan fingerprint density at radius 3 is 2.76 bits per heavy atom. The van der Waals surface area contributed by atoms with Gasteiger partial charge in [0.25, 0.3) is 11.6 Å². The molecule has 0 bridgehead atoms. The molecule has 1 N–H and O–H groups in total. The summed E-state index contributed by atoms with van der Waals surface area (Å²) in [7, 11) is 1.39. The molecular weight excluding hydrogens is 231 g/mol. The van der Waals surface area contributed by atoms with Crippen LogP contribution < -0.4 is 0 Å². The summed E-state index contributed by atoms with van der Waals surface area (Å²) in [4.78, 5) is 22.7. The third-order valence-corrected chi connectivity index (χ3v) is 2.17. The van der Waals surface area contributed by atoms with Crippen LogP contribution in [0.1, 0.15) is 10.4 Å². The number of aliphatic hydroxyl groups is 1. The number of nitro groups is 1. The van der Waals surface area contributed by atoms with Crippen molar-refractivity contribution in [1.82, 2.24) is 4.90 Å². The number of carbonyl (C=O) groups is 1. The Hall–Kier alpha value is -2.02. The first-order chi connectivity index (χ1) is 7.97. The summed E-state index contributed by atoms with van der Waals surface area (Å²) in [5.74, 6) is -1.41. The molecule has 1 rings (SSSR count). The van der Waals surface area contributed by atoms with Crippen molar-refractivity contribution in [2.24, 2.45) is 0 Å². The Labute approximate surface area is 96.4 Å². The fourth-order valence-electron chi connectivity index (χ4n) is 1.29. The minimum atomic E-state index is -0.816. The van der Waals surface area contributed by atoms with Crippen LogP contribution in [0, 0.1) is 15.9 Å². The molecule has 1 aromatic carbocycles. The van der Waals surface area contributed by atoms with Gasteiger partial charge in [-0.05, 0) is 12.1 Å². The van der Waals surface area contributed by atoms with Gasteiger partial charge in [-0.1, -0.05) is 0 Å². The average molecular weight is 242 g/mol. The maximum atomic E-state index is 12.9. The molecule has 6 nitrogen and oxygen atoms in total. The first-order valence-electron chi connectivity index (χ1n) is 4.77. The Kier molecular flexibility index (Phi) is 4.11. The second-order valence-corrected chi connectivity index (χ2v) is 3.37. The number of nitrogens with zero attached hydrogens (tertiary/aromatic N) is 2. The molecule has 0 aliphatic carbocycles. The molecule has 0 saturated heterocycles. The number of rotatable bonds is 4. The number of carbonyl (C=O) groups excluding carboxylic acids is 1. The standard InChI is InChI=1S/C10H11FN2O4/c1-12(4-5-14)10(15)8-3-2-7(11)6-9(8)13(16)17/h2-3,6,14H,4-5H2,1H3. The number of aliphatic hydroxyl groups excluding tert-OH is 1. The minimum absolute atomic E-state index is 0.0490. The molecule has 0 saturated carbocycles. The molecule has 7 heteroatoms. The lowest BCUT2D eigenvalue weighted by Gasteiger charge is -2.15. The normalized spacial score (nSPS) is 10.1. The lowest BCUT2D eigenvalue weighted by molar-refractivity contribution is -0.385. The Balaban J connectivity index is 3.13. The average Bonchev–Trinajstić information content (AvgIpc) is 2.28. The van der Waals surface area contributed by atoms with Crippen molar-refractivity contribution in [3.8, 4) is 0 Å². The predicted molar refractivity (Wildman–Crippen MR) is 57.1 cm³/mol. The van der Waals surface area contributed by atoms with Crippen LogP contribution in [0.2, 0.25) is 0 Å². The van der Waals surface area contributed by atoms with Gasteiger partial charge in [0.15, 0.2) is 0 Å². The van der Waals surface area contributed by atoms with Gasteiger partial charge in [0.1, 0.15) is 11.4 Å². The number of nitro benzene ring substituents is 1. The first-order valence-corrected chi connectivity index (χ1v) is 4.77. The first kappa shape index (κ1) is 13.0. The van der Waals surface area contributed by atoms with Crippen LogP contribution in [0.4, 0.5) is 10.1 Å². The quantitative estimate of drug-likeness (QED) is 0.625. The highest BCUT2D eigenvalue weighted by Gasteiger charge is 2.23.